The molecule has 4 aliphatic rings. The van der Waals surface area contributed by atoms with Crippen molar-refractivity contribution in [2.75, 3.05) is 19.6 Å². The van der Waals surface area contributed by atoms with E-state index < -0.39 is 0 Å². The smallest absolute Gasteiger partial charge is 0.311 e. The molecule has 2 heterocycles. The lowest BCUT2D eigenvalue weighted by Gasteiger charge is -2.43. The summed E-state index contributed by atoms with van der Waals surface area (Å²) in [5, 5.41) is 0. The van der Waals surface area contributed by atoms with Crippen LogP contribution in [0.25, 0.3) is 0 Å². The van der Waals surface area contributed by atoms with Crippen LogP contribution in [0.4, 0.5) is 0 Å². The van der Waals surface area contributed by atoms with Crippen LogP contribution in [-0.2, 0) is 14.3 Å². The lowest BCUT2D eigenvalue weighted by atomic mass is 9.61. The average Bonchev–Trinajstić information content (AvgIpc) is 2.82. The van der Waals surface area contributed by atoms with Crippen LogP contribution in [0.3, 0.4) is 0 Å². The van der Waals surface area contributed by atoms with E-state index in [0.29, 0.717) is 0 Å². The molecule has 154 valence electrons. The van der Waals surface area contributed by atoms with Crippen LogP contribution in [-0.4, -0.2) is 42.4 Å². The number of carbonyl (C=O) groups excluding carboxylic acids is 2. The molecule has 0 aromatic carbocycles. The van der Waals surface area contributed by atoms with Crippen LogP contribution in [0.2, 0.25) is 0 Å². The predicted octanol–water partition coefficient (Wildman–Crippen LogP) is 4.16. The van der Waals surface area contributed by atoms with Gasteiger partial charge >= 0.3 is 5.97 Å². The van der Waals surface area contributed by atoms with E-state index in [4.69, 9.17) is 4.74 Å². The number of ether oxygens (including phenoxy) is 1. The highest BCUT2D eigenvalue weighted by Gasteiger charge is 2.54. The number of fused-ring (bicyclic) bond motifs is 3. The predicted molar refractivity (Wildman–Crippen MR) is 110 cm³/mol. The third-order valence-electron chi connectivity index (χ3n) is 7.67. The first kappa shape index (κ1) is 19.9. The van der Waals surface area contributed by atoms with Gasteiger partial charge in [0.15, 0.2) is 5.78 Å². The van der Waals surface area contributed by atoms with Crippen LogP contribution in [0.15, 0.2) is 23.3 Å². The monoisotopic (exact) mass is 385 g/mol. The zero-order valence-electron chi connectivity index (χ0n) is 18.1. The Balaban J connectivity index is 1.56. The fourth-order valence-corrected chi connectivity index (χ4v) is 6.41. The fourth-order valence-electron chi connectivity index (χ4n) is 6.41. The van der Waals surface area contributed by atoms with Crippen molar-refractivity contribution < 1.29 is 14.3 Å². The van der Waals surface area contributed by atoms with Crippen molar-refractivity contribution in [2.24, 2.45) is 28.6 Å². The van der Waals surface area contributed by atoms with Crippen molar-refractivity contribution in [1.82, 2.24) is 4.90 Å². The standard InChI is InChI=1S/C24H35NO3/c1-15-8-11-25(14-23(3,4)12-15)13-18-17-6-9-24(5)10-7-19(26)16(2)20(24)21(17)28-22(18)27/h7,10,15,17-18,21H,6,8-9,11-14H2,1-5H3/t15-,17+,18+,21+,24+/m1/s1. The molecule has 0 aromatic rings. The largest absolute Gasteiger partial charge is 0.457 e. The molecule has 2 aliphatic carbocycles. The van der Waals surface area contributed by atoms with Gasteiger partial charge in [-0.2, -0.15) is 0 Å². The van der Waals surface area contributed by atoms with Gasteiger partial charge in [-0.15, -0.1) is 0 Å². The Kier molecular flexibility index (Phi) is 4.85. The number of esters is 1. The molecule has 2 aliphatic heterocycles. The minimum Gasteiger partial charge on any atom is -0.457 e. The number of ketones is 1. The fraction of sp³-hybridized carbons (Fsp3) is 0.750. The van der Waals surface area contributed by atoms with Gasteiger partial charge in [-0.05, 0) is 62.1 Å². The van der Waals surface area contributed by atoms with E-state index in [2.05, 4.69) is 32.6 Å². The van der Waals surface area contributed by atoms with E-state index in [-0.39, 0.29) is 40.5 Å². The van der Waals surface area contributed by atoms with Gasteiger partial charge in [0.05, 0.1) is 5.92 Å². The van der Waals surface area contributed by atoms with Crippen molar-refractivity contribution in [3.05, 3.63) is 23.3 Å². The highest BCUT2D eigenvalue weighted by atomic mass is 16.6. The number of nitrogens with zero attached hydrogens (tertiary/aromatic N) is 1. The molecule has 0 bridgehead atoms. The van der Waals surface area contributed by atoms with Crippen molar-refractivity contribution in [2.45, 2.75) is 66.4 Å². The average molecular weight is 386 g/mol. The van der Waals surface area contributed by atoms with Crippen LogP contribution >= 0.6 is 0 Å². The normalized spacial score (nSPS) is 40.8. The van der Waals surface area contributed by atoms with Crippen LogP contribution in [0.5, 0.6) is 0 Å². The molecule has 0 spiro atoms. The Hall–Kier alpha value is -1.42. The zero-order chi connectivity index (χ0) is 20.3. The molecule has 0 unspecified atom stereocenters. The highest BCUT2D eigenvalue weighted by molar-refractivity contribution is 6.05. The van der Waals surface area contributed by atoms with Crippen molar-refractivity contribution in [3.63, 3.8) is 0 Å². The van der Waals surface area contributed by atoms with Crippen molar-refractivity contribution in [1.29, 1.82) is 0 Å². The maximum atomic E-state index is 12.9. The van der Waals surface area contributed by atoms with E-state index in [1.807, 2.05) is 13.0 Å². The van der Waals surface area contributed by atoms with Crippen LogP contribution in [0, 0.1) is 28.6 Å². The van der Waals surface area contributed by atoms with Gasteiger partial charge in [0.25, 0.3) is 0 Å². The maximum absolute atomic E-state index is 12.9. The molecule has 0 N–H and O–H groups in total. The second-order valence-corrected chi connectivity index (χ2v) is 10.8. The van der Waals surface area contributed by atoms with E-state index in [1.165, 1.54) is 12.8 Å². The minimum atomic E-state index is -0.218. The molecule has 28 heavy (non-hydrogen) atoms. The Morgan fingerprint density at radius 1 is 1.21 bits per heavy atom. The quantitative estimate of drug-likeness (QED) is 0.670. The van der Waals surface area contributed by atoms with Gasteiger partial charge in [-0.3, -0.25) is 9.59 Å². The van der Waals surface area contributed by atoms with E-state index >= 15 is 0 Å². The SMILES string of the molecule is CC1=C2[C@H]3OC(=O)[C@@H](CN4CC[C@@H](C)CC(C)(C)C4)[C@@H]3CC[C@@]2(C)C=CC1=O. The van der Waals surface area contributed by atoms with E-state index in [9.17, 15) is 9.59 Å². The summed E-state index contributed by atoms with van der Waals surface area (Å²) in [6.45, 7) is 14.0. The molecule has 5 atom stereocenters. The highest BCUT2D eigenvalue weighted by Crippen LogP contribution is 2.53. The van der Waals surface area contributed by atoms with Gasteiger partial charge in [0.1, 0.15) is 6.10 Å². The summed E-state index contributed by atoms with van der Waals surface area (Å²) in [6.07, 6.45) is 7.93. The second kappa shape index (κ2) is 6.83. The first-order chi connectivity index (χ1) is 13.1. The molecule has 2 saturated heterocycles. The van der Waals surface area contributed by atoms with Gasteiger partial charge in [-0.1, -0.05) is 33.8 Å². The summed E-state index contributed by atoms with van der Waals surface area (Å²) >= 11 is 0. The van der Waals surface area contributed by atoms with Gasteiger partial charge in [-0.25, -0.2) is 0 Å². The van der Waals surface area contributed by atoms with E-state index in [0.717, 1.165) is 49.5 Å². The number of allylic oxidation sites excluding steroid dienone is 3. The molecule has 3 fully saturated rings. The summed E-state index contributed by atoms with van der Waals surface area (Å²) in [4.78, 5) is 27.7. The first-order valence-electron chi connectivity index (χ1n) is 11.0. The van der Waals surface area contributed by atoms with Crippen molar-refractivity contribution >= 4 is 11.8 Å². The molecule has 0 aromatic heterocycles. The summed E-state index contributed by atoms with van der Waals surface area (Å²) in [5.74, 6) is 0.868. The second-order valence-electron chi connectivity index (χ2n) is 10.8. The van der Waals surface area contributed by atoms with Gasteiger partial charge < -0.3 is 9.64 Å². The number of rotatable bonds is 2. The molecular formula is C24H35NO3. The molecule has 0 amide bonds. The van der Waals surface area contributed by atoms with Crippen LogP contribution < -0.4 is 0 Å². The molecule has 4 rings (SSSR count). The summed E-state index contributed by atoms with van der Waals surface area (Å²) in [5.41, 5.74) is 1.99. The van der Waals surface area contributed by atoms with Gasteiger partial charge in [0.2, 0.25) is 0 Å². The first-order valence-corrected chi connectivity index (χ1v) is 11.0. The Bertz CT molecular complexity index is 749. The summed E-state index contributed by atoms with van der Waals surface area (Å²) in [6, 6.07) is 0. The summed E-state index contributed by atoms with van der Waals surface area (Å²) in [7, 11) is 0. The minimum absolute atomic E-state index is 0.0587. The van der Waals surface area contributed by atoms with E-state index in [1.54, 1.807) is 6.08 Å². The molecule has 0 radical (unpaired) electrons. The number of hydrogen-bond acceptors (Lipinski definition) is 4. The molecule has 4 heteroatoms. The lowest BCUT2D eigenvalue weighted by Crippen LogP contribution is -2.43. The van der Waals surface area contributed by atoms with Crippen LogP contribution in [0.1, 0.15) is 60.3 Å². The number of likely N-dealkylation sites (tertiary alicyclic amines) is 1. The number of hydrogen-bond donors (Lipinski definition) is 0. The molecule has 4 nitrogen and oxygen atoms in total. The molecular weight excluding hydrogens is 350 g/mol. The maximum Gasteiger partial charge on any atom is 0.311 e. The Morgan fingerprint density at radius 3 is 2.71 bits per heavy atom. The topological polar surface area (TPSA) is 46.6 Å². The van der Waals surface area contributed by atoms with Crippen molar-refractivity contribution in [3.8, 4) is 0 Å². The Labute approximate surface area is 169 Å². The van der Waals surface area contributed by atoms with Gasteiger partial charge in [0, 0.05) is 30.0 Å². The third-order valence-corrected chi connectivity index (χ3v) is 7.67. The Morgan fingerprint density at radius 2 is 1.96 bits per heavy atom. The zero-order valence-corrected chi connectivity index (χ0v) is 18.1. The lowest BCUT2D eigenvalue weighted by molar-refractivity contribution is -0.144. The third kappa shape index (κ3) is 3.38. The summed E-state index contributed by atoms with van der Waals surface area (Å²) < 4.78 is 5.97. The number of carbonyl (C=O) groups is 2. The molecule has 1 saturated carbocycles.